The molecule has 18 heavy (non-hydrogen) atoms. The van der Waals surface area contributed by atoms with Gasteiger partial charge in [0.05, 0.1) is 18.3 Å². The van der Waals surface area contributed by atoms with E-state index in [1.807, 2.05) is 15.8 Å². The Morgan fingerprint density at radius 2 is 2.28 bits per heavy atom. The fraction of sp³-hybridized carbons (Fsp3) is 0.750. The number of likely N-dealkylation sites (tertiary alicyclic amines) is 1. The van der Waals surface area contributed by atoms with Gasteiger partial charge in [0, 0.05) is 18.7 Å². The highest BCUT2D eigenvalue weighted by Crippen LogP contribution is 2.38. The summed E-state index contributed by atoms with van der Waals surface area (Å²) in [5, 5.41) is 8.35. The average molecular weight is 269 g/mol. The van der Waals surface area contributed by atoms with Gasteiger partial charge in [-0.25, -0.2) is 0 Å². The Morgan fingerprint density at radius 1 is 1.44 bits per heavy atom. The molecule has 2 heterocycles. The van der Waals surface area contributed by atoms with Gasteiger partial charge in [-0.3, -0.25) is 9.48 Å². The molecule has 5 nitrogen and oxygen atoms in total. The van der Waals surface area contributed by atoms with Crippen LogP contribution in [0.4, 0.5) is 0 Å². The molecule has 1 aromatic heterocycles. The smallest absolute Gasteiger partial charge is 0.237 e. The molecule has 0 radical (unpaired) electrons. The molecule has 1 saturated heterocycles. The number of rotatable bonds is 4. The fourth-order valence-electron chi connectivity index (χ4n) is 2.62. The Balaban J connectivity index is 1.65. The zero-order valence-electron chi connectivity index (χ0n) is 10.3. The molecule has 1 aliphatic heterocycles. The van der Waals surface area contributed by atoms with Crippen LogP contribution < -0.4 is 0 Å². The lowest BCUT2D eigenvalue weighted by Crippen LogP contribution is -2.38. The Kier molecular flexibility index (Phi) is 3.24. The van der Waals surface area contributed by atoms with Gasteiger partial charge < -0.3 is 4.90 Å². The normalized spacial score (nSPS) is 23.6. The Bertz CT molecular complexity index is 443. The summed E-state index contributed by atoms with van der Waals surface area (Å²) in [5.74, 6) is 0.728. The summed E-state index contributed by atoms with van der Waals surface area (Å²) in [4.78, 5) is 13.6. The molecule has 1 aliphatic carbocycles. The number of halogens is 1. The molecule has 6 heteroatoms. The fourth-order valence-corrected chi connectivity index (χ4v) is 2.77. The highest BCUT2D eigenvalue weighted by atomic mass is 35.5. The molecule has 98 valence electrons. The summed E-state index contributed by atoms with van der Waals surface area (Å²) >= 11 is 5.63. The van der Waals surface area contributed by atoms with Gasteiger partial charge in [0.2, 0.25) is 5.91 Å². The van der Waals surface area contributed by atoms with Crippen LogP contribution in [-0.4, -0.2) is 44.3 Å². The van der Waals surface area contributed by atoms with Crippen molar-refractivity contribution in [1.29, 1.82) is 0 Å². The first-order valence-electron chi connectivity index (χ1n) is 6.53. The third kappa shape index (κ3) is 2.36. The SMILES string of the molecule is O=C(CCl)N1CCC[C@H]1Cn1cc(C2CC2)nn1. The van der Waals surface area contributed by atoms with Crippen molar-refractivity contribution in [3.05, 3.63) is 11.9 Å². The van der Waals surface area contributed by atoms with Gasteiger partial charge >= 0.3 is 0 Å². The second-order valence-electron chi connectivity index (χ2n) is 5.16. The van der Waals surface area contributed by atoms with Crippen molar-refractivity contribution in [3.63, 3.8) is 0 Å². The molecule has 1 aromatic rings. The summed E-state index contributed by atoms with van der Waals surface area (Å²) in [7, 11) is 0. The molecule has 3 rings (SSSR count). The summed E-state index contributed by atoms with van der Waals surface area (Å²) in [6.45, 7) is 1.56. The molecular formula is C12H17ClN4O. The van der Waals surface area contributed by atoms with Gasteiger partial charge in [-0.1, -0.05) is 5.21 Å². The summed E-state index contributed by atoms with van der Waals surface area (Å²) in [6, 6.07) is 0.227. The van der Waals surface area contributed by atoms with E-state index in [0.29, 0.717) is 5.92 Å². The molecule has 1 saturated carbocycles. The van der Waals surface area contributed by atoms with Crippen LogP contribution in [0, 0.1) is 0 Å². The van der Waals surface area contributed by atoms with Crippen LogP contribution in [0.3, 0.4) is 0 Å². The molecule has 0 spiro atoms. The minimum atomic E-state index is 0.0294. The third-order valence-corrected chi connectivity index (χ3v) is 3.99. The number of aromatic nitrogens is 3. The number of amides is 1. The average Bonchev–Trinajstić information content (AvgIpc) is 2.96. The van der Waals surface area contributed by atoms with Crippen LogP contribution in [0.25, 0.3) is 0 Å². The van der Waals surface area contributed by atoms with Gasteiger partial charge in [0.1, 0.15) is 5.88 Å². The molecule has 1 atom stereocenters. The quantitative estimate of drug-likeness (QED) is 0.776. The highest BCUT2D eigenvalue weighted by molar-refractivity contribution is 6.27. The molecule has 0 unspecified atom stereocenters. The van der Waals surface area contributed by atoms with E-state index in [2.05, 4.69) is 10.3 Å². The zero-order chi connectivity index (χ0) is 12.5. The number of nitrogens with zero attached hydrogens (tertiary/aromatic N) is 4. The number of carbonyl (C=O) groups excluding carboxylic acids is 1. The van der Waals surface area contributed by atoms with Gasteiger partial charge in [0.15, 0.2) is 0 Å². The topological polar surface area (TPSA) is 51.0 Å². The first kappa shape index (κ1) is 12.0. The maximum absolute atomic E-state index is 11.7. The van der Waals surface area contributed by atoms with Crippen molar-refractivity contribution < 1.29 is 4.79 Å². The number of hydrogen-bond donors (Lipinski definition) is 0. The van der Waals surface area contributed by atoms with Crippen LogP contribution in [0.2, 0.25) is 0 Å². The van der Waals surface area contributed by atoms with E-state index >= 15 is 0 Å². The predicted molar refractivity (Wildman–Crippen MR) is 67.5 cm³/mol. The van der Waals surface area contributed by atoms with E-state index in [1.165, 1.54) is 12.8 Å². The van der Waals surface area contributed by atoms with Gasteiger partial charge in [-0.2, -0.15) is 0 Å². The van der Waals surface area contributed by atoms with Crippen LogP contribution in [0.5, 0.6) is 0 Å². The maximum Gasteiger partial charge on any atom is 0.237 e. The van der Waals surface area contributed by atoms with Crippen LogP contribution in [-0.2, 0) is 11.3 Å². The summed E-state index contributed by atoms with van der Waals surface area (Å²) in [6.07, 6.45) is 6.58. The highest BCUT2D eigenvalue weighted by Gasteiger charge is 2.30. The maximum atomic E-state index is 11.7. The Morgan fingerprint density at radius 3 is 3.00 bits per heavy atom. The zero-order valence-corrected chi connectivity index (χ0v) is 11.0. The van der Waals surface area contributed by atoms with Crippen molar-refractivity contribution in [2.24, 2.45) is 0 Å². The van der Waals surface area contributed by atoms with E-state index < -0.39 is 0 Å². The number of carbonyl (C=O) groups is 1. The van der Waals surface area contributed by atoms with E-state index in [-0.39, 0.29) is 17.8 Å². The largest absolute Gasteiger partial charge is 0.337 e. The lowest BCUT2D eigenvalue weighted by Gasteiger charge is -2.23. The van der Waals surface area contributed by atoms with Gasteiger partial charge in [0.25, 0.3) is 0 Å². The molecular weight excluding hydrogens is 252 g/mol. The lowest BCUT2D eigenvalue weighted by atomic mass is 10.2. The van der Waals surface area contributed by atoms with E-state index in [1.54, 1.807) is 0 Å². The van der Waals surface area contributed by atoms with Crippen molar-refractivity contribution in [2.45, 2.75) is 44.2 Å². The summed E-state index contributed by atoms with van der Waals surface area (Å²) < 4.78 is 1.87. The number of hydrogen-bond acceptors (Lipinski definition) is 3. The predicted octanol–water partition coefficient (Wildman–Crippen LogP) is 1.39. The Labute approximate surface area is 111 Å². The van der Waals surface area contributed by atoms with Crippen molar-refractivity contribution in [2.75, 3.05) is 12.4 Å². The molecule has 0 bridgehead atoms. The van der Waals surface area contributed by atoms with Crippen LogP contribution in [0.15, 0.2) is 6.20 Å². The summed E-state index contributed by atoms with van der Waals surface area (Å²) in [5.41, 5.74) is 1.10. The molecule has 2 fully saturated rings. The third-order valence-electron chi connectivity index (χ3n) is 3.76. The van der Waals surface area contributed by atoms with Gasteiger partial charge in [-0.05, 0) is 25.7 Å². The van der Waals surface area contributed by atoms with Gasteiger partial charge in [-0.15, -0.1) is 16.7 Å². The monoisotopic (exact) mass is 268 g/mol. The molecule has 2 aliphatic rings. The first-order valence-corrected chi connectivity index (χ1v) is 7.07. The van der Waals surface area contributed by atoms with Crippen molar-refractivity contribution in [1.82, 2.24) is 19.9 Å². The molecule has 0 aromatic carbocycles. The van der Waals surface area contributed by atoms with Crippen LogP contribution >= 0.6 is 11.6 Å². The minimum Gasteiger partial charge on any atom is -0.337 e. The van der Waals surface area contributed by atoms with E-state index in [4.69, 9.17) is 11.6 Å². The minimum absolute atomic E-state index is 0.0294. The molecule has 1 amide bonds. The second kappa shape index (κ2) is 4.88. The van der Waals surface area contributed by atoms with E-state index in [0.717, 1.165) is 31.6 Å². The Hall–Kier alpha value is -1.10. The first-order chi connectivity index (χ1) is 8.78. The number of alkyl halides is 1. The second-order valence-corrected chi connectivity index (χ2v) is 5.42. The molecule has 0 N–H and O–H groups in total. The van der Waals surface area contributed by atoms with Crippen molar-refractivity contribution >= 4 is 17.5 Å². The standard InChI is InChI=1S/C12H17ClN4O/c13-6-12(18)17-5-1-2-10(17)7-16-8-11(14-15-16)9-3-4-9/h8-10H,1-7H2/t10-/m0/s1. The van der Waals surface area contributed by atoms with Crippen LogP contribution in [0.1, 0.15) is 37.3 Å². The lowest BCUT2D eigenvalue weighted by molar-refractivity contribution is -0.129. The van der Waals surface area contributed by atoms with E-state index in [9.17, 15) is 4.79 Å². The van der Waals surface area contributed by atoms with Crippen molar-refractivity contribution in [3.8, 4) is 0 Å².